The molecule has 1 aromatic rings. The minimum atomic E-state index is -0.595. The predicted molar refractivity (Wildman–Crippen MR) is 72.1 cm³/mol. The van der Waals surface area contributed by atoms with Gasteiger partial charge in [0, 0.05) is 19.8 Å². The molecule has 0 aliphatic rings. The Bertz CT molecular complexity index is 341. The first kappa shape index (κ1) is 14.7. The van der Waals surface area contributed by atoms with Gasteiger partial charge in [-0.2, -0.15) is 0 Å². The summed E-state index contributed by atoms with van der Waals surface area (Å²) in [5, 5.41) is 2.81. The molecule has 1 aromatic carbocycles. The summed E-state index contributed by atoms with van der Waals surface area (Å²) >= 11 is 0. The molecular weight excluding hydrogens is 228 g/mol. The fourth-order valence-corrected chi connectivity index (χ4v) is 1.55. The Morgan fingerprint density at radius 1 is 1.33 bits per heavy atom. The summed E-state index contributed by atoms with van der Waals surface area (Å²) in [6.45, 7) is 4.12. The Morgan fingerprint density at radius 3 is 2.72 bits per heavy atom. The summed E-state index contributed by atoms with van der Waals surface area (Å²) in [6.07, 6.45) is 1.83. The number of benzene rings is 1. The lowest BCUT2D eigenvalue weighted by molar-refractivity contribution is -0.122. The molecule has 0 aliphatic carbocycles. The summed E-state index contributed by atoms with van der Waals surface area (Å²) in [5.41, 5.74) is 6.69. The van der Waals surface area contributed by atoms with E-state index < -0.39 is 6.04 Å². The molecule has 0 aliphatic heterocycles. The maximum absolute atomic E-state index is 11.8. The van der Waals surface area contributed by atoms with Crippen LogP contribution in [0.15, 0.2) is 30.3 Å². The molecule has 0 saturated heterocycles. The van der Waals surface area contributed by atoms with Crippen molar-refractivity contribution < 1.29 is 9.53 Å². The lowest BCUT2D eigenvalue weighted by Crippen LogP contribution is -2.34. The fourth-order valence-electron chi connectivity index (χ4n) is 1.55. The van der Waals surface area contributed by atoms with E-state index in [0.717, 1.165) is 25.0 Å². The number of hydrogen-bond donors (Lipinski definition) is 2. The minimum absolute atomic E-state index is 0.142. The monoisotopic (exact) mass is 250 g/mol. The molecule has 0 fully saturated rings. The summed E-state index contributed by atoms with van der Waals surface area (Å²) in [4.78, 5) is 11.8. The number of hydrogen-bond acceptors (Lipinski definition) is 3. The van der Waals surface area contributed by atoms with Crippen molar-refractivity contribution in [2.24, 2.45) is 5.73 Å². The highest BCUT2D eigenvalue weighted by molar-refractivity contribution is 5.82. The highest BCUT2D eigenvalue weighted by Crippen LogP contribution is 2.08. The Morgan fingerprint density at radius 2 is 2.06 bits per heavy atom. The van der Waals surface area contributed by atoms with Crippen LogP contribution in [0.25, 0.3) is 0 Å². The molecule has 0 aromatic heterocycles. The van der Waals surface area contributed by atoms with Gasteiger partial charge in [0.15, 0.2) is 0 Å². The summed E-state index contributed by atoms with van der Waals surface area (Å²) in [6, 6.07) is 8.77. The Kier molecular flexibility index (Phi) is 7.06. The van der Waals surface area contributed by atoms with Gasteiger partial charge in [0.25, 0.3) is 0 Å². The molecule has 1 rings (SSSR count). The maximum atomic E-state index is 11.8. The smallest absolute Gasteiger partial charge is 0.241 e. The zero-order valence-corrected chi connectivity index (χ0v) is 10.9. The quantitative estimate of drug-likeness (QED) is 0.689. The standard InChI is InChI=1S/C14H22N2O2/c1-2-10-18-11-6-9-16-14(17)13(15)12-7-4-3-5-8-12/h3-5,7-8,13H,2,6,9-11,15H2,1H3,(H,16,17)/t13-/m0/s1. The van der Waals surface area contributed by atoms with Crippen LogP contribution in [0, 0.1) is 0 Å². The van der Waals surface area contributed by atoms with Crippen LogP contribution in [0.2, 0.25) is 0 Å². The van der Waals surface area contributed by atoms with Crippen LogP contribution < -0.4 is 11.1 Å². The number of amides is 1. The van der Waals surface area contributed by atoms with Gasteiger partial charge in [0.2, 0.25) is 5.91 Å². The van der Waals surface area contributed by atoms with E-state index in [-0.39, 0.29) is 5.91 Å². The molecule has 1 amide bonds. The normalized spacial score (nSPS) is 12.1. The van der Waals surface area contributed by atoms with Crippen LogP contribution >= 0.6 is 0 Å². The Balaban J connectivity index is 2.20. The lowest BCUT2D eigenvalue weighted by atomic mass is 10.1. The van der Waals surface area contributed by atoms with E-state index in [0.29, 0.717) is 13.2 Å². The van der Waals surface area contributed by atoms with Gasteiger partial charge in [-0.15, -0.1) is 0 Å². The van der Waals surface area contributed by atoms with Gasteiger partial charge in [-0.25, -0.2) is 0 Å². The van der Waals surface area contributed by atoms with E-state index in [4.69, 9.17) is 10.5 Å². The maximum Gasteiger partial charge on any atom is 0.241 e. The zero-order chi connectivity index (χ0) is 13.2. The van der Waals surface area contributed by atoms with Crippen molar-refractivity contribution in [2.75, 3.05) is 19.8 Å². The van der Waals surface area contributed by atoms with Crippen molar-refractivity contribution in [3.63, 3.8) is 0 Å². The van der Waals surface area contributed by atoms with E-state index in [1.54, 1.807) is 0 Å². The van der Waals surface area contributed by atoms with Gasteiger partial charge in [-0.05, 0) is 18.4 Å². The van der Waals surface area contributed by atoms with E-state index in [9.17, 15) is 4.79 Å². The van der Waals surface area contributed by atoms with E-state index in [1.165, 1.54) is 0 Å². The molecular formula is C14H22N2O2. The van der Waals surface area contributed by atoms with Gasteiger partial charge >= 0.3 is 0 Å². The third-order valence-electron chi connectivity index (χ3n) is 2.55. The van der Waals surface area contributed by atoms with Crippen LogP contribution in [0.5, 0.6) is 0 Å². The van der Waals surface area contributed by atoms with Crippen LogP contribution in [-0.4, -0.2) is 25.7 Å². The van der Waals surface area contributed by atoms with Gasteiger partial charge in [0.05, 0.1) is 0 Å². The molecule has 0 saturated carbocycles. The molecule has 100 valence electrons. The average molecular weight is 250 g/mol. The number of ether oxygens (including phenoxy) is 1. The number of carbonyl (C=O) groups excluding carboxylic acids is 1. The molecule has 0 radical (unpaired) electrons. The van der Waals surface area contributed by atoms with Crippen LogP contribution in [-0.2, 0) is 9.53 Å². The number of rotatable bonds is 8. The molecule has 0 spiro atoms. The number of nitrogens with two attached hydrogens (primary N) is 1. The third kappa shape index (κ3) is 5.29. The van der Waals surface area contributed by atoms with E-state index in [1.807, 2.05) is 30.3 Å². The van der Waals surface area contributed by atoms with Crippen molar-refractivity contribution in [2.45, 2.75) is 25.8 Å². The molecule has 4 nitrogen and oxygen atoms in total. The molecule has 0 unspecified atom stereocenters. The van der Waals surface area contributed by atoms with Gasteiger partial charge < -0.3 is 15.8 Å². The van der Waals surface area contributed by atoms with E-state index >= 15 is 0 Å². The second-order valence-electron chi connectivity index (χ2n) is 4.15. The van der Waals surface area contributed by atoms with Crippen molar-refractivity contribution in [1.82, 2.24) is 5.32 Å². The number of nitrogens with one attached hydrogen (secondary N) is 1. The third-order valence-corrected chi connectivity index (χ3v) is 2.55. The van der Waals surface area contributed by atoms with E-state index in [2.05, 4.69) is 12.2 Å². The van der Waals surface area contributed by atoms with Crippen LogP contribution in [0.4, 0.5) is 0 Å². The first-order valence-corrected chi connectivity index (χ1v) is 6.41. The SMILES string of the molecule is CCCOCCCNC(=O)[C@@H](N)c1ccccc1. The van der Waals surface area contributed by atoms with Gasteiger partial charge in [-0.1, -0.05) is 37.3 Å². The lowest BCUT2D eigenvalue weighted by Gasteiger charge is -2.12. The average Bonchev–Trinajstić information content (AvgIpc) is 2.42. The highest BCUT2D eigenvalue weighted by atomic mass is 16.5. The summed E-state index contributed by atoms with van der Waals surface area (Å²) < 4.78 is 5.33. The topological polar surface area (TPSA) is 64.3 Å². The highest BCUT2D eigenvalue weighted by Gasteiger charge is 2.14. The Labute approximate surface area is 109 Å². The fraction of sp³-hybridized carbons (Fsp3) is 0.500. The first-order chi connectivity index (χ1) is 8.75. The Hall–Kier alpha value is -1.39. The second kappa shape index (κ2) is 8.66. The van der Waals surface area contributed by atoms with Crippen molar-refractivity contribution in [3.8, 4) is 0 Å². The molecule has 3 N–H and O–H groups in total. The molecule has 1 atom stereocenters. The zero-order valence-electron chi connectivity index (χ0n) is 10.9. The molecule has 0 bridgehead atoms. The van der Waals surface area contributed by atoms with Crippen molar-refractivity contribution in [1.29, 1.82) is 0 Å². The minimum Gasteiger partial charge on any atom is -0.381 e. The second-order valence-corrected chi connectivity index (χ2v) is 4.15. The summed E-state index contributed by atoms with van der Waals surface area (Å²) in [7, 11) is 0. The molecule has 18 heavy (non-hydrogen) atoms. The van der Waals surface area contributed by atoms with Crippen LogP contribution in [0.1, 0.15) is 31.4 Å². The van der Waals surface area contributed by atoms with Crippen molar-refractivity contribution in [3.05, 3.63) is 35.9 Å². The van der Waals surface area contributed by atoms with Crippen molar-refractivity contribution >= 4 is 5.91 Å². The first-order valence-electron chi connectivity index (χ1n) is 6.41. The van der Waals surface area contributed by atoms with Gasteiger partial charge in [0.1, 0.15) is 6.04 Å². The molecule has 0 heterocycles. The number of carbonyl (C=O) groups is 1. The van der Waals surface area contributed by atoms with Crippen LogP contribution in [0.3, 0.4) is 0 Å². The summed E-state index contributed by atoms with van der Waals surface area (Å²) in [5.74, 6) is -0.142. The predicted octanol–water partition coefficient (Wildman–Crippen LogP) is 1.62. The molecule has 4 heteroatoms. The van der Waals surface area contributed by atoms with Gasteiger partial charge in [-0.3, -0.25) is 4.79 Å². The largest absolute Gasteiger partial charge is 0.381 e.